The molecule has 0 spiro atoms. The maximum Gasteiger partial charge on any atom is 0.219 e. The van der Waals surface area contributed by atoms with Crippen LogP contribution in [0.15, 0.2) is 17.1 Å². The third-order valence-electron chi connectivity index (χ3n) is 7.57. The number of anilines is 2. The highest BCUT2D eigenvalue weighted by molar-refractivity contribution is 6.56. The zero-order chi connectivity index (χ0) is 30.2. The normalized spacial score (nSPS) is 12.5. The number of nitrogen functional groups attached to an aromatic ring is 2. The minimum absolute atomic E-state index is 0.00142. The molecule has 3 aromatic rings. The number of carbonyl (C=O) groups is 1. The molecule has 0 saturated heterocycles. The molecular formula is C32H44N4O6. The fourth-order valence-electron chi connectivity index (χ4n) is 5.30. The number of ketones is 1. The average Bonchev–Trinajstić information content (AvgIpc) is 3.50. The van der Waals surface area contributed by atoms with Crippen LogP contribution in [0.4, 0.5) is 17.1 Å². The molecule has 2 heterocycles. The van der Waals surface area contributed by atoms with Crippen LogP contribution in [0, 0.1) is 0 Å². The van der Waals surface area contributed by atoms with E-state index in [2.05, 4.69) is 23.8 Å². The van der Waals surface area contributed by atoms with Gasteiger partial charge in [0.05, 0.1) is 55.3 Å². The molecule has 228 valence electrons. The molecule has 1 aromatic heterocycles. The fraction of sp³-hybridized carbons (Fsp3) is 0.500. The molecule has 0 unspecified atom stereocenters. The number of ether oxygens (including phenoxy) is 4. The molecule has 4 rings (SSSR count). The zero-order valence-electron chi connectivity index (χ0n) is 25.2. The summed E-state index contributed by atoms with van der Waals surface area (Å²) in [6.07, 6.45) is 10.7. The number of H-pyrrole nitrogens is 1. The van der Waals surface area contributed by atoms with Crippen LogP contribution in [-0.4, -0.2) is 49.0 Å². The Morgan fingerprint density at radius 2 is 1.36 bits per heavy atom. The van der Waals surface area contributed by atoms with Crippen LogP contribution in [0.2, 0.25) is 0 Å². The third kappa shape index (κ3) is 6.22. The van der Waals surface area contributed by atoms with Crippen LogP contribution >= 0.6 is 0 Å². The van der Waals surface area contributed by atoms with Crippen molar-refractivity contribution in [3.05, 3.63) is 23.4 Å². The van der Waals surface area contributed by atoms with Crippen molar-refractivity contribution in [1.82, 2.24) is 4.98 Å². The van der Waals surface area contributed by atoms with Crippen LogP contribution in [-0.2, 0) is 0 Å². The lowest BCUT2D eigenvalue weighted by Crippen LogP contribution is -2.14. The van der Waals surface area contributed by atoms with Crippen LogP contribution in [0.25, 0.3) is 10.9 Å². The van der Waals surface area contributed by atoms with Crippen LogP contribution in [0.1, 0.15) is 94.1 Å². The summed E-state index contributed by atoms with van der Waals surface area (Å²) >= 11 is 0. The smallest absolute Gasteiger partial charge is 0.219 e. The number of nitrogens with zero attached hydrogens (tertiary/aromatic N) is 1. The summed E-state index contributed by atoms with van der Waals surface area (Å²) in [4.78, 5) is 21.7. The Bertz CT molecular complexity index is 1450. The second kappa shape index (κ2) is 14.2. The van der Waals surface area contributed by atoms with Gasteiger partial charge < -0.3 is 40.5 Å². The van der Waals surface area contributed by atoms with Gasteiger partial charge in [0.15, 0.2) is 17.2 Å². The van der Waals surface area contributed by atoms with E-state index < -0.39 is 5.78 Å². The number of hydrogen-bond acceptors (Lipinski definition) is 9. The number of rotatable bonds is 17. The summed E-state index contributed by atoms with van der Waals surface area (Å²) in [6, 6.07) is 3.24. The third-order valence-corrected chi connectivity index (χ3v) is 7.57. The number of unbranched alkanes of at least 4 members (excludes halogenated alkanes) is 8. The molecule has 1 aliphatic heterocycles. The number of hydrogen-bond donors (Lipinski definition) is 4. The Morgan fingerprint density at radius 3 is 1.95 bits per heavy atom. The molecule has 10 heteroatoms. The maximum absolute atomic E-state index is 13.9. The number of methoxy groups -OCH3 is 2. The predicted octanol–water partition coefficient (Wildman–Crippen LogP) is 7.07. The Morgan fingerprint density at radius 1 is 0.810 bits per heavy atom. The van der Waals surface area contributed by atoms with Gasteiger partial charge in [-0.15, -0.1) is 0 Å². The Balaban J connectivity index is 1.68. The number of aromatic hydroxyl groups is 1. The van der Waals surface area contributed by atoms with Gasteiger partial charge >= 0.3 is 0 Å². The molecule has 0 saturated carbocycles. The van der Waals surface area contributed by atoms with Crippen molar-refractivity contribution in [1.29, 1.82) is 0 Å². The van der Waals surface area contributed by atoms with Gasteiger partial charge in [-0.05, 0) is 12.8 Å². The number of aromatic nitrogens is 1. The lowest BCUT2D eigenvalue weighted by atomic mass is 10.0. The first-order valence-electron chi connectivity index (χ1n) is 15.0. The number of benzene rings is 2. The summed E-state index contributed by atoms with van der Waals surface area (Å²) < 4.78 is 23.2. The quantitative estimate of drug-likeness (QED) is 0.0976. The molecule has 1 aliphatic rings. The zero-order valence-corrected chi connectivity index (χ0v) is 25.2. The molecular weight excluding hydrogens is 536 g/mol. The van der Waals surface area contributed by atoms with Gasteiger partial charge in [-0.25, -0.2) is 4.99 Å². The standard InChI is InChI=1S/C32H44N4O6/c1-5-7-9-11-13-15-41-31-19(33)17-21(39-3)25-23(31)29(37)27(35-25)28-30(38)24-26(36-28)22(40-4)18-20(34)32(24)42-16-14-12-10-8-6-2/h17-18,35,37H,5-16,33-34H2,1-4H3. The van der Waals surface area contributed by atoms with Gasteiger partial charge in [0.25, 0.3) is 0 Å². The van der Waals surface area contributed by atoms with Gasteiger partial charge in [-0.2, -0.15) is 0 Å². The van der Waals surface area contributed by atoms with Gasteiger partial charge in [-0.1, -0.05) is 65.2 Å². The number of nitrogens with one attached hydrogen (secondary N) is 1. The summed E-state index contributed by atoms with van der Waals surface area (Å²) in [5, 5.41) is 11.8. The Labute approximate surface area is 247 Å². The number of carbonyl (C=O) groups excluding carboxylic acids is 1. The molecule has 0 fully saturated rings. The molecule has 10 nitrogen and oxygen atoms in total. The van der Waals surface area contributed by atoms with E-state index in [1.54, 1.807) is 12.1 Å². The van der Waals surface area contributed by atoms with Crippen LogP contribution < -0.4 is 30.4 Å². The summed E-state index contributed by atoms with van der Waals surface area (Å²) in [5.41, 5.74) is 14.3. The molecule has 0 aliphatic carbocycles. The first kappa shape index (κ1) is 30.9. The van der Waals surface area contributed by atoms with Crippen molar-refractivity contribution in [2.75, 3.05) is 38.9 Å². The van der Waals surface area contributed by atoms with E-state index in [9.17, 15) is 9.90 Å². The molecule has 0 bridgehead atoms. The largest absolute Gasteiger partial charge is 0.505 e. The second-order valence-electron chi connectivity index (χ2n) is 10.6. The van der Waals surface area contributed by atoms with E-state index in [0.29, 0.717) is 52.7 Å². The van der Waals surface area contributed by atoms with E-state index in [1.165, 1.54) is 27.1 Å². The number of fused-ring (bicyclic) bond motifs is 2. The molecule has 6 N–H and O–H groups in total. The lowest BCUT2D eigenvalue weighted by Gasteiger charge is -2.14. The van der Waals surface area contributed by atoms with E-state index >= 15 is 0 Å². The monoisotopic (exact) mass is 580 g/mol. The van der Waals surface area contributed by atoms with Gasteiger partial charge in [0.2, 0.25) is 5.78 Å². The Kier molecular flexibility index (Phi) is 10.4. The van der Waals surface area contributed by atoms with Crippen molar-refractivity contribution in [2.45, 2.75) is 78.1 Å². The van der Waals surface area contributed by atoms with Crippen molar-refractivity contribution in [3.8, 4) is 28.7 Å². The van der Waals surface area contributed by atoms with Crippen LogP contribution in [0.5, 0.6) is 28.7 Å². The maximum atomic E-state index is 13.9. The minimum Gasteiger partial charge on any atom is -0.505 e. The first-order valence-corrected chi connectivity index (χ1v) is 15.0. The Hall–Kier alpha value is -4.08. The van der Waals surface area contributed by atoms with Gasteiger partial charge in [-0.3, -0.25) is 4.79 Å². The second-order valence-corrected chi connectivity index (χ2v) is 10.6. The van der Waals surface area contributed by atoms with Crippen molar-refractivity contribution in [2.24, 2.45) is 4.99 Å². The van der Waals surface area contributed by atoms with E-state index in [0.717, 1.165) is 51.4 Å². The number of aliphatic imine (C=N–C) groups is 1. The van der Waals surface area contributed by atoms with Crippen LogP contribution in [0.3, 0.4) is 0 Å². The fourth-order valence-corrected chi connectivity index (χ4v) is 5.30. The van der Waals surface area contributed by atoms with Crippen molar-refractivity contribution < 1.29 is 28.8 Å². The minimum atomic E-state index is -0.441. The summed E-state index contributed by atoms with van der Waals surface area (Å²) in [5.74, 6) is 0.696. The highest BCUT2D eigenvalue weighted by Crippen LogP contribution is 2.49. The molecule has 0 radical (unpaired) electrons. The first-order chi connectivity index (χ1) is 20.4. The summed E-state index contributed by atoms with van der Waals surface area (Å²) in [7, 11) is 2.99. The predicted molar refractivity (Wildman–Crippen MR) is 167 cm³/mol. The number of aromatic amines is 1. The van der Waals surface area contributed by atoms with Gasteiger partial charge in [0.1, 0.15) is 28.6 Å². The lowest BCUT2D eigenvalue weighted by molar-refractivity contribution is 0.106. The molecule has 0 amide bonds. The SMILES string of the molecule is CCCCCCCOc1c(N)cc(OC)c2c1C(=O)C(c1[nH]c3c(OC)cc(N)c(OCCCCCCC)c3c1O)=N2. The van der Waals surface area contributed by atoms with E-state index in [-0.39, 0.29) is 34.2 Å². The highest BCUT2D eigenvalue weighted by atomic mass is 16.5. The summed E-state index contributed by atoms with van der Waals surface area (Å²) in [6.45, 7) is 5.20. The average molecular weight is 581 g/mol. The topological polar surface area (TPSA) is 154 Å². The van der Waals surface area contributed by atoms with Gasteiger partial charge in [0, 0.05) is 12.1 Å². The van der Waals surface area contributed by atoms with E-state index in [1.807, 2.05) is 0 Å². The molecule has 2 aromatic carbocycles. The number of nitrogens with two attached hydrogens (primary N) is 2. The highest BCUT2D eigenvalue weighted by Gasteiger charge is 2.37. The van der Waals surface area contributed by atoms with E-state index in [4.69, 9.17) is 30.4 Å². The van der Waals surface area contributed by atoms with Crippen molar-refractivity contribution >= 4 is 39.5 Å². The molecule has 42 heavy (non-hydrogen) atoms. The molecule has 0 atom stereocenters. The number of Topliss-reactive ketones (excluding diaryl/α,β-unsaturated/α-hetero) is 1. The van der Waals surface area contributed by atoms with Crippen molar-refractivity contribution in [3.63, 3.8) is 0 Å².